The summed E-state index contributed by atoms with van der Waals surface area (Å²) >= 11 is 6.35. The van der Waals surface area contributed by atoms with Crippen molar-refractivity contribution in [3.63, 3.8) is 0 Å². The van der Waals surface area contributed by atoms with Gasteiger partial charge in [-0.2, -0.15) is 0 Å². The van der Waals surface area contributed by atoms with E-state index in [-0.39, 0.29) is 25.4 Å². The van der Waals surface area contributed by atoms with Crippen LogP contribution in [0.25, 0.3) is 0 Å². The first-order valence-corrected chi connectivity index (χ1v) is 10.5. The zero-order valence-corrected chi connectivity index (χ0v) is 19.1. The zero-order valence-electron chi connectivity index (χ0n) is 18.3. The molecule has 1 amide bonds. The Morgan fingerprint density at radius 1 is 0.969 bits per heavy atom. The van der Waals surface area contributed by atoms with Crippen molar-refractivity contribution in [1.82, 2.24) is 4.90 Å². The van der Waals surface area contributed by atoms with Crippen molar-refractivity contribution in [3.8, 4) is 23.0 Å². The van der Waals surface area contributed by atoms with Gasteiger partial charge in [0.15, 0.2) is 11.5 Å². The van der Waals surface area contributed by atoms with E-state index < -0.39 is 5.97 Å². The first-order chi connectivity index (χ1) is 15.4. The maximum atomic E-state index is 13.2. The van der Waals surface area contributed by atoms with Crippen LogP contribution in [0, 0.1) is 0 Å². The van der Waals surface area contributed by atoms with Gasteiger partial charge in [-0.05, 0) is 35.4 Å². The normalized spacial score (nSPS) is 12.5. The fourth-order valence-corrected chi connectivity index (χ4v) is 3.59. The van der Waals surface area contributed by atoms with Crippen LogP contribution < -0.4 is 18.9 Å². The van der Waals surface area contributed by atoms with E-state index in [0.29, 0.717) is 46.8 Å². The number of amides is 1. The molecule has 2 aromatic rings. The minimum atomic E-state index is -0.523. The number of methoxy groups -OCH3 is 3. The van der Waals surface area contributed by atoms with Crippen LogP contribution in [0.2, 0.25) is 5.02 Å². The van der Waals surface area contributed by atoms with E-state index in [4.69, 9.17) is 35.3 Å². The van der Waals surface area contributed by atoms with Crippen molar-refractivity contribution >= 4 is 23.5 Å². The molecule has 1 aliphatic heterocycles. The van der Waals surface area contributed by atoms with Crippen molar-refractivity contribution in [2.45, 2.75) is 19.4 Å². The Hall–Kier alpha value is -3.13. The molecule has 0 unspecified atom stereocenters. The highest BCUT2D eigenvalue weighted by Crippen LogP contribution is 2.38. The summed E-state index contributed by atoms with van der Waals surface area (Å²) in [4.78, 5) is 26.6. The number of ether oxygens (including phenoxy) is 5. The Balaban J connectivity index is 1.83. The Labute approximate surface area is 191 Å². The molecular formula is C23H26ClNO7. The third-order valence-electron chi connectivity index (χ3n) is 4.90. The molecule has 9 heteroatoms. The van der Waals surface area contributed by atoms with E-state index in [2.05, 4.69) is 0 Å². The van der Waals surface area contributed by atoms with Crippen LogP contribution in [0.3, 0.4) is 0 Å². The molecule has 0 bridgehead atoms. The highest BCUT2D eigenvalue weighted by atomic mass is 35.5. The third-order valence-corrected chi connectivity index (χ3v) is 5.18. The van der Waals surface area contributed by atoms with E-state index in [9.17, 15) is 9.59 Å². The maximum absolute atomic E-state index is 13.2. The lowest BCUT2D eigenvalue weighted by molar-refractivity contribution is -0.147. The Kier molecular flexibility index (Phi) is 8.05. The molecule has 0 radical (unpaired) electrons. The van der Waals surface area contributed by atoms with Crippen molar-refractivity contribution < 1.29 is 33.3 Å². The lowest BCUT2D eigenvalue weighted by atomic mass is 10.1. The second-order valence-corrected chi connectivity index (χ2v) is 7.59. The van der Waals surface area contributed by atoms with Gasteiger partial charge in [-0.1, -0.05) is 11.6 Å². The number of hydrogen-bond donors (Lipinski definition) is 0. The minimum absolute atomic E-state index is 0.0223. The molecule has 0 aromatic heterocycles. The Morgan fingerprint density at radius 2 is 1.66 bits per heavy atom. The molecule has 172 valence electrons. The van der Waals surface area contributed by atoms with Crippen LogP contribution in [0.4, 0.5) is 0 Å². The summed E-state index contributed by atoms with van der Waals surface area (Å²) in [5.74, 6) is 1.36. The maximum Gasteiger partial charge on any atom is 0.325 e. The number of benzene rings is 2. The lowest BCUT2D eigenvalue weighted by Crippen LogP contribution is -2.36. The van der Waals surface area contributed by atoms with Crippen molar-refractivity contribution in [1.29, 1.82) is 0 Å². The van der Waals surface area contributed by atoms with E-state index in [1.165, 1.54) is 12.0 Å². The van der Waals surface area contributed by atoms with Crippen molar-refractivity contribution in [2.24, 2.45) is 0 Å². The average Bonchev–Trinajstić information content (AvgIpc) is 3.04. The minimum Gasteiger partial charge on any atom is -0.497 e. The predicted octanol–water partition coefficient (Wildman–Crippen LogP) is 3.26. The Morgan fingerprint density at radius 3 is 2.31 bits per heavy atom. The van der Waals surface area contributed by atoms with Gasteiger partial charge in [-0.3, -0.25) is 9.59 Å². The van der Waals surface area contributed by atoms with Gasteiger partial charge < -0.3 is 28.6 Å². The number of halogens is 1. The van der Waals surface area contributed by atoms with E-state index in [1.807, 2.05) is 0 Å². The van der Waals surface area contributed by atoms with Gasteiger partial charge in [0.1, 0.15) is 18.0 Å². The van der Waals surface area contributed by atoms with Crippen LogP contribution in [0.15, 0.2) is 30.3 Å². The molecule has 0 atom stereocenters. The van der Waals surface area contributed by atoms with Gasteiger partial charge in [0.05, 0.1) is 46.0 Å². The molecule has 8 nitrogen and oxygen atoms in total. The summed E-state index contributed by atoms with van der Waals surface area (Å²) < 4.78 is 26.7. The van der Waals surface area contributed by atoms with Crippen molar-refractivity contribution in [2.75, 3.05) is 41.1 Å². The average molecular weight is 464 g/mol. The molecule has 0 spiro atoms. The zero-order chi connectivity index (χ0) is 23.1. The summed E-state index contributed by atoms with van der Waals surface area (Å²) in [5, 5.41) is 0.379. The Bertz CT molecular complexity index is 957. The van der Waals surface area contributed by atoms with Gasteiger partial charge in [0, 0.05) is 19.0 Å². The molecule has 3 rings (SSSR count). The molecular weight excluding hydrogens is 438 g/mol. The second kappa shape index (κ2) is 10.9. The second-order valence-electron chi connectivity index (χ2n) is 7.18. The van der Waals surface area contributed by atoms with E-state index in [1.54, 1.807) is 44.6 Å². The highest BCUT2D eigenvalue weighted by molar-refractivity contribution is 6.32. The fourth-order valence-electron chi connectivity index (χ4n) is 3.30. The molecule has 0 saturated carbocycles. The molecule has 2 aromatic carbocycles. The van der Waals surface area contributed by atoms with Crippen molar-refractivity contribution in [3.05, 3.63) is 46.5 Å². The fraction of sp³-hybridized carbons (Fsp3) is 0.391. The van der Waals surface area contributed by atoms with Crippen LogP contribution >= 0.6 is 11.6 Å². The van der Waals surface area contributed by atoms with E-state index in [0.717, 1.165) is 12.0 Å². The highest BCUT2D eigenvalue weighted by Gasteiger charge is 2.22. The standard InChI is InChI=1S/C23H26ClNO7/c1-28-17-7-16(8-18(12-17)29-2)13-25(14-22(27)30-3)21(26)11-15-9-19(24)23-20(10-15)31-5-4-6-32-23/h7-10,12H,4-6,11,13-14H2,1-3H3. The molecule has 1 heterocycles. The number of fused-ring (bicyclic) bond motifs is 1. The van der Waals surface area contributed by atoms with Crippen LogP contribution in [-0.4, -0.2) is 57.9 Å². The van der Waals surface area contributed by atoms with Gasteiger partial charge >= 0.3 is 5.97 Å². The summed E-state index contributed by atoms with van der Waals surface area (Å²) in [5.41, 5.74) is 1.40. The molecule has 0 fully saturated rings. The molecule has 1 aliphatic rings. The summed E-state index contributed by atoms with van der Waals surface area (Å²) in [6.45, 7) is 0.988. The first-order valence-electron chi connectivity index (χ1n) is 10.1. The van der Waals surface area contributed by atoms with Crippen LogP contribution in [0.5, 0.6) is 23.0 Å². The van der Waals surface area contributed by atoms with Gasteiger partial charge in [0.25, 0.3) is 0 Å². The van der Waals surface area contributed by atoms with Gasteiger partial charge in [-0.25, -0.2) is 0 Å². The topological polar surface area (TPSA) is 83.5 Å². The number of hydrogen-bond acceptors (Lipinski definition) is 7. The van der Waals surface area contributed by atoms with Gasteiger partial charge in [-0.15, -0.1) is 0 Å². The predicted molar refractivity (Wildman–Crippen MR) is 118 cm³/mol. The van der Waals surface area contributed by atoms with Crippen LogP contribution in [0.1, 0.15) is 17.5 Å². The largest absolute Gasteiger partial charge is 0.497 e. The monoisotopic (exact) mass is 463 g/mol. The molecule has 0 aliphatic carbocycles. The van der Waals surface area contributed by atoms with Crippen LogP contribution in [-0.2, 0) is 27.3 Å². The third kappa shape index (κ3) is 5.97. The number of carbonyl (C=O) groups is 2. The molecule has 0 N–H and O–H groups in total. The molecule has 0 saturated heterocycles. The number of nitrogens with zero attached hydrogens (tertiary/aromatic N) is 1. The smallest absolute Gasteiger partial charge is 0.325 e. The first kappa shape index (κ1) is 23.5. The summed E-state index contributed by atoms with van der Waals surface area (Å²) in [7, 11) is 4.37. The number of carbonyl (C=O) groups excluding carboxylic acids is 2. The summed E-state index contributed by atoms with van der Waals surface area (Å²) in [6, 6.07) is 8.72. The lowest BCUT2D eigenvalue weighted by Gasteiger charge is -2.22. The van der Waals surface area contributed by atoms with Gasteiger partial charge in [0.2, 0.25) is 5.91 Å². The van der Waals surface area contributed by atoms with E-state index >= 15 is 0 Å². The molecule has 32 heavy (non-hydrogen) atoms. The number of rotatable bonds is 8. The number of esters is 1. The summed E-state index contributed by atoms with van der Waals surface area (Å²) in [6.07, 6.45) is 0.768. The SMILES string of the molecule is COC(=O)CN(Cc1cc(OC)cc(OC)c1)C(=O)Cc1cc(Cl)c2c(c1)OCCCO2. The quantitative estimate of drug-likeness (QED) is 0.555.